The average molecular weight is 723 g/mol. The third kappa shape index (κ3) is 39.5. The normalized spacial score (nSPS) is 12.2. The molecule has 0 saturated carbocycles. The molecule has 0 radical (unpaired) electrons. The number of hydrogen-bond donors (Lipinski definition) is 0. The van der Waals surface area contributed by atoms with Crippen LogP contribution in [0.15, 0.2) is 0 Å². The average Bonchev–Trinajstić information content (AvgIpc) is 3.08. The summed E-state index contributed by atoms with van der Waals surface area (Å²) in [4.78, 5) is 37.6. The van der Waals surface area contributed by atoms with Gasteiger partial charge in [0.25, 0.3) is 0 Å². The van der Waals surface area contributed by atoms with E-state index >= 15 is 0 Å². The minimum atomic E-state index is -0.762. The van der Waals surface area contributed by atoms with Crippen molar-refractivity contribution in [3.63, 3.8) is 0 Å². The van der Waals surface area contributed by atoms with Crippen LogP contribution in [0, 0.1) is 17.8 Å². The van der Waals surface area contributed by atoms with Crippen molar-refractivity contribution in [1.29, 1.82) is 0 Å². The summed E-state index contributed by atoms with van der Waals surface area (Å²) in [6.07, 6.45) is 32.5. The highest BCUT2D eigenvalue weighted by Crippen LogP contribution is 2.16. The number of hydrogen-bond acceptors (Lipinski definition) is 6. The monoisotopic (exact) mass is 723 g/mol. The molecule has 0 saturated heterocycles. The van der Waals surface area contributed by atoms with Crippen LogP contribution in [0.5, 0.6) is 0 Å². The van der Waals surface area contributed by atoms with Crippen molar-refractivity contribution in [2.24, 2.45) is 17.8 Å². The maximum Gasteiger partial charge on any atom is 0.306 e. The summed E-state index contributed by atoms with van der Waals surface area (Å²) in [5.41, 5.74) is 0. The van der Waals surface area contributed by atoms with Crippen LogP contribution in [-0.4, -0.2) is 37.2 Å². The Kier molecular flexibility index (Phi) is 35.6. The Hall–Kier alpha value is -1.59. The lowest BCUT2D eigenvalue weighted by Gasteiger charge is -2.18. The molecule has 6 nitrogen and oxygen atoms in total. The van der Waals surface area contributed by atoms with E-state index < -0.39 is 6.10 Å². The van der Waals surface area contributed by atoms with Gasteiger partial charge in [-0.25, -0.2) is 0 Å². The summed E-state index contributed by atoms with van der Waals surface area (Å²) in [5, 5.41) is 0. The summed E-state index contributed by atoms with van der Waals surface area (Å²) in [6.45, 7) is 13.6. The zero-order valence-corrected chi connectivity index (χ0v) is 34.9. The Bertz CT molecular complexity index is 792. The number of rotatable bonds is 38. The number of carbonyl (C=O) groups excluding carboxylic acids is 3. The highest BCUT2D eigenvalue weighted by atomic mass is 16.6. The third-order valence-corrected chi connectivity index (χ3v) is 9.90. The van der Waals surface area contributed by atoms with Gasteiger partial charge in [-0.15, -0.1) is 0 Å². The zero-order valence-electron chi connectivity index (χ0n) is 34.9. The second-order valence-corrected chi connectivity index (χ2v) is 16.8. The van der Waals surface area contributed by atoms with Crippen molar-refractivity contribution in [1.82, 2.24) is 0 Å². The summed E-state index contributed by atoms with van der Waals surface area (Å²) in [6, 6.07) is 0. The molecule has 1 atom stereocenters. The van der Waals surface area contributed by atoms with Crippen LogP contribution < -0.4 is 0 Å². The molecule has 0 aliphatic rings. The molecule has 302 valence electrons. The Morgan fingerprint density at radius 2 is 0.569 bits per heavy atom. The zero-order chi connectivity index (χ0) is 37.8. The second-order valence-electron chi connectivity index (χ2n) is 16.8. The lowest BCUT2D eigenvalue weighted by Crippen LogP contribution is -2.30. The van der Waals surface area contributed by atoms with Gasteiger partial charge >= 0.3 is 17.9 Å². The molecule has 0 aliphatic carbocycles. The van der Waals surface area contributed by atoms with E-state index in [9.17, 15) is 14.4 Å². The largest absolute Gasteiger partial charge is 0.462 e. The van der Waals surface area contributed by atoms with E-state index in [-0.39, 0.29) is 31.1 Å². The van der Waals surface area contributed by atoms with Crippen molar-refractivity contribution in [2.45, 2.75) is 240 Å². The van der Waals surface area contributed by atoms with E-state index in [1.807, 2.05) is 0 Å². The number of unbranched alkanes of at least 4 members (excludes halogenated alkanes) is 21. The van der Waals surface area contributed by atoms with Gasteiger partial charge in [-0.05, 0) is 37.0 Å². The van der Waals surface area contributed by atoms with Gasteiger partial charge < -0.3 is 14.2 Å². The van der Waals surface area contributed by atoms with Gasteiger partial charge in [-0.1, -0.05) is 196 Å². The molecule has 6 heteroatoms. The van der Waals surface area contributed by atoms with E-state index in [0.29, 0.717) is 19.3 Å². The summed E-state index contributed by atoms with van der Waals surface area (Å²) in [5.74, 6) is 1.50. The number of esters is 3. The van der Waals surface area contributed by atoms with Crippen LogP contribution in [0.3, 0.4) is 0 Å². The molecule has 0 spiro atoms. The molecular weight excluding hydrogens is 636 g/mol. The van der Waals surface area contributed by atoms with E-state index in [0.717, 1.165) is 75.5 Å². The molecular formula is C45H86O6. The van der Waals surface area contributed by atoms with Gasteiger partial charge in [-0.2, -0.15) is 0 Å². The molecule has 0 N–H and O–H groups in total. The predicted octanol–water partition coefficient (Wildman–Crippen LogP) is 13.7. The van der Waals surface area contributed by atoms with E-state index in [2.05, 4.69) is 41.5 Å². The molecule has 51 heavy (non-hydrogen) atoms. The first-order chi connectivity index (χ1) is 24.6. The summed E-state index contributed by atoms with van der Waals surface area (Å²) < 4.78 is 16.7. The molecule has 0 aromatic carbocycles. The van der Waals surface area contributed by atoms with E-state index in [1.165, 1.54) is 116 Å². The maximum absolute atomic E-state index is 12.6. The highest BCUT2D eigenvalue weighted by molar-refractivity contribution is 5.71. The molecule has 0 rings (SSSR count). The van der Waals surface area contributed by atoms with Crippen LogP contribution in [0.1, 0.15) is 234 Å². The molecule has 0 bridgehead atoms. The highest BCUT2D eigenvalue weighted by Gasteiger charge is 2.19. The standard InChI is InChI=1S/C45H86O6/c1-39(2)31-25-19-13-9-7-8-10-15-22-28-34-43(46)49-37-42(51-45(48)36-30-24-18-17-21-27-33-41(5)6)38-50-44(47)35-29-23-16-12-11-14-20-26-32-40(3)4/h39-42H,7-38H2,1-6H3/t42-/m0/s1. The van der Waals surface area contributed by atoms with Crippen molar-refractivity contribution in [2.75, 3.05) is 13.2 Å². The topological polar surface area (TPSA) is 78.9 Å². The van der Waals surface area contributed by atoms with Crippen LogP contribution in [0.2, 0.25) is 0 Å². The molecule has 0 aliphatic heterocycles. The summed E-state index contributed by atoms with van der Waals surface area (Å²) >= 11 is 0. The Morgan fingerprint density at radius 1 is 0.333 bits per heavy atom. The predicted molar refractivity (Wildman–Crippen MR) is 215 cm³/mol. The van der Waals surface area contributed by atoms with E-state index in [1.54, 1.807) is 0 Å². The molecule has 0 amide bonds. The van der Waals surface area contributed by atoms with Crippen molar-refractivity contribution >= 4 is 17.9 Å². The first-order valence-corrected chi connectivity index (χ1v) is 22.1. The Morgan fingerprint density at radius 3 is 0.843 bits per heavy atom. The lowest BCUT2D eigenvalue weighted by molar-refractivity contribution is -0.167. The van der Waals surface area contributed by atoms with Crippen LogP contribution in [-0.2, 0) is 28.6 Å². The van der Waals surface area contributed by atoms with Gasteiger partial charge in [0, 0.05) is 19.3 Å². The fourth-order valence-electron chi connectivity index (χ4n) is 6.52. The fourth-order valence-corrected chi connectivity index (χ4v) is 6.52. The van der Waals surface area contributed by atoms with Gasteiger partial charge in [0.15, 0.2) is 6.10 Å². The van der Waals surface area contributed by atoms with Crippen LogP contribution in [0.4, 0.5) is 0 Å². The first kappa shape index (κ1) is 49.4. The van der Waals surface area contributed by atoms with Crippen LogP contribution >= 0.6 is 0 Å². The molecule has 0 aromatic heterocycles. The SMILES string of the molecule is CC(C)CCCCCCCCCCCCC(=O)OC[C@@H](COC(=O)CCCCCCCCCCC(C)C)OC(=O)CCCCCCCCC(C)C. The molecule has 0 aromatic rings. The minimum absolute atomic E-state index is 0.0674. The van der Waals surface area contributed by atoms with Crippen molar-refractivity contribution in [3.05, 3.63) is 0 Å². The lowest BCUT2D eigenvalue weighted by atomic mass is 10.0. The smallest absolute Gasteiger partial charge is 0.306 e. The first-order valence-electron chi connectivity index (χ1n) is 22.1. The third-order valence-electron chi connectivity index (χ3n) is 9.90. The van der Waals surface area contributed by atoms with Gasteiger partial charge in [-0.3, -0.25) is 14.4 Å². The molecule has 0 fully saturated rings. The number of carbonyl (C=O) groups is 3. The molecule has 0 unspecified atom stereocenters. The second kappa shape index (κ2) is 36.8. The number of ether oxygens (including phenoxy) is 3. The Balaban J connectivity index is 4.32. The van der Waals surface area contributed by atoms with Crippen molar-refractivity contribution < 1.29 is 28.6 Å². The van der Waals surface area contributed by atoms with Crippen LogP contribution in [0.25, 0.3) is 0 Å². The van der Waals surface area contributed by atoms with Crippen molar-refractivity contribution in [3.8, 4) is 0 Å². The van der Waals surface area contributed by atoms with Gasteiger partial charge in [0.2, 0.25) is 0 Å². The summed E-state index contributed by atoms with van der Waals surface area (Å²) in [7, 11) is 0. The quantitative estimate of drug-likeness (QED) is 0.0359. The van der Waals surface area contributed by atoms with Gasteiger partial charge in [0.05, 0.1) is 0 Å². The Labute approximate surface area is 317 Å². The molecule has 0 heterocycles. The van der Waals surface area contributed by atoms with E-state index in [4.69, 9.17) is 14.2 Å². The van der Waals surface area contributed by atoms with Gasteiger partial charge in [0.1, 0.15) is 13.2 Å². The maximum atomic E-state index is 12.6. The minimum Gasteiger partial charge on any atom is -0.462 e. The fraction of sp³-hybridized carbons (Fsp3) is 0.933.